The molecule has 1 rings (SSSR count). The van der Waals surface area contributed by atoms with E-state index in [-0.39, 0.29) is 30.8 Å². The molecule has 108 valence electrons. The first-order chi connectivity index (χ1) is 9.00. The highest BCUT2D eigenvalue weighted by Crippen LogP contribution is 2.15. The number of carboxylic acid groups (broad SMARTS) is 1. The summed E-state index contributed by atoms with van der Waals surface area (Å²) < 4.78 is 0. The van der Waals surface area contributed by atoms with E-state index in [1.54, 1.807) is 16.7 Å². The van der Waals surface area contributed by atoms with Crippen molar-refractivity contribution < 1.29 is 19.5 Å². The molecule has 0 spiro atoms. The van der Waals surface area contributed by atoms with Gasteiger partial charge in [-0.1, -0.05) is 0 Å². The van der Waals surface area contributed by atoms with E-state index in [1.807, 2.05) is 6.92 Å². The van der Waals surface area contributed by atoms with Crippen molar-refractivity contribution in [2.24, 2.45) is 0 Å². The van der Waals surface area contributed by atoms with Crippen LogP contribution in [0.5, 0.6) is 0 Å². The predicted octanol–water partition coefficient (Wildman–Crippen LogP) is 1.30. The Balaban J connectivity index is 2.23. The molecule has 1 saturated heterocycles. The number of carbonyl (C=O) groups is 3. The van der Waals surface area contributed by atoms with Gasteiger partial charge in [-0.3, -0.25) is 14.9 Å². The Morgan fingerprint density at radius 3 is 2.63 bits per heavy atom. The number of carbonyl (C=O) groups excluding carboxylic acids is 2. The summed E-state index contributed by atoms with van der Waals surface area (Å²) in [6.07, 6.45) is 1.18. The van der Waals surface area contributed by atoms with Crippen LogP contribution in [0.1, 0.15) is 32.6 Å². The summed E-state index contributed by atoms with van der Waals surface area (Å²) in [5, 5.41) is 10.8. The molecule has 0 aromatic heterocycles. The normalized spacial score (nSPS) is 19.0. The van der Waals surface area contributed by atoms with Crippen LogP contribution in [0.3, 0.4) is 0 Å². The first-order valence-electron chi connectivity index (χ1n) is 6.40. The third kappa shape index (κ3) is 5.96. The molecule has 1 unspecified atom stereocenters. The lowest BCUT2D eigenvalue weighted by atomic mass is 10.2. The Labute approximate surface area is 116 Å². The monoisotopic (exact) mass is 288 g/mol. The molecule has 0 aliphatic carbocycles. The number of thioether (sulfide) groups is 1. The zero-order valence-electron chi connectivity index (χ0n) is 11.1. The fourth-order valence-electron chi connectivity index (χ4n) is 1.84. The SMILES string of the molecule is CC1CSCCN1C(=O)NC(=O)CCCCC(=O)O. The van der Waals surface area contributed by atoms with E-state index >= 15 is 0 Å². The van der Waals surface area contributed by atoms with E-state index in [4.69, 9.17) is 5.11 Å². The average Bonchev–Trinajstić information content (AvgIpc) is 2.35. The quantitative estimate of drug-likeness (QED) is 0.745. The Hall–Kier alpha value is -1.24. The topological polar surface area (TPSA) is 86.7 Å². The van der Waals surface area contributed by atoms with E-state index in [9.17, 15) is 14.4 Å². The van der Waals surface area contributed by atoms with Crippen LogP contribution in [0.2, 0.25) is 0 Å². The molecule has 0 aromatic rings. The van der Waals surface area contributed by atoms with Crippen LogP contribution in [0.4, 0.5) is 4.79 Å². The van der Waals surface area contributed by atoms with Gasteiger partial charge in [0.25, 0.3) is 0 Å². The lowest BCUT2D eigenvalue weighted by Gasteiger charge is -2.32. The number of unbranched alkanes of at least 4 members (excludes halogenated alkanes) is 1. The van der Waals surface area contributed by atoms with Gasteiger partial charge >= 0.3 is 12.0 Å². The zero-order chi connectivity index (χ0) is 14.3. The second kappa shape index (κ2) is 8.04. The fourth-order valence-corrected chi connectivity index (χ4v) is 2.86. The minimum Gasteiger partial charge on any atom is -0.481 e. The largest absolute Gasteiger partial charge is 0.481 e. The molecule has 1 atom stereocenters. The summed E-state index contributed by atoms with van der Waals surface area (Å²) in [7, 11) is 0. The van der Waals surface area contributed by atoms with Crippen LogP contribution in [0, 0.1) is 0 Å². The van der Waals surface area contributed by atoms with Crippen molar-refractivity contribution in [2.75, 3.05) is 18.1 Å². The number of rotatable bonds is 5. The van der Waals surface area contributed by atoms with Crippen LogP contribution in [-0.2, 0) is 9.59 Å². The Kier molecular flexibility index (Phi) is 6.69. The number of imide groups is 1. The Bertz CT molecular complexity index is 349. The van der Waals surface area contributed by atoms with Crippen LogP contribution in [0.15, 0.2) is 0 Å². The standard InChI is InChI=1S/C12H20N2O4S/c1-9-8-19-7-6-14(9)12(18)13-10(15)4-2-3-5-11(16)17/h9H,2-8H2,1H3,(H,16,17)(H,13,15,18). The van der Waals surface area contributed by atoms with Gasteiger partial charge in [0.1, 0.15) is 0 Å². The van der Waals surface area contributed by atoms with Crippen LogP contribution in [0.25, 0.3) is 0 Å². The second-order valence-electron chi connectivity index (χ2n) is 4.57. The highest BCUT2D eigenvalue weighted by Gasteiger charge is 2.24. The highest BCUT2D eigenvalue weighted by atomic mass is 32.2. The molecule has 1 fully saturated rings. The number of nitrogens with one attached hydrogen (secondary N) is 1. The Morgan fingerprint density at radius 2 is 2.00 bits per heavy atom. The zero-order valence-corrected chi connectivity index (χ0v) is 11.9. The minimum atomic E-state index is -0.865. The first-order valence-corrected chi connectivity index (χ1v) is 7.56. The first kappa shape index (κ1) is 15.8. The molecule has 7 heteroatoms. The summed E-state index contributed by atoms with van der Waals surface area (Å²) in [6, 6.07) is -0.199. The summed E-state index contributed by atoms with van der Waals surface area (Å²) in [5.74, 6) is 0.585. The van der Waals surface area contributed by atoms with Crippen molar-refractivity contribution in [1.82, 2.24) is 10.2 Å². The molecular formula is C12H20N2O4S. The number of hydrogen-bond donors (Lipinski definition) is 2. The third-order valence-corrected chi connectivity index (χ3v) is 4.11. The van der Waals surface area contributed by atoms with Gasteiger partial charge in [0.2, 0.25) is 5.91 Å². The van der Waals surface area contributed by atoms with E-state index in [0.717, 1.165) is 11.5 Å². The van der Waals surface area contributed by atoms with Crippen LogP contribution >= 0.6 is 11.8 Å². The van der Waals surface area contributed by atoms with Gasteiger partial charge in [0.05, 0.1) is 0 Å². The van der Waals surface area contributed by atoms with Gasteiger partial charge in [0.15, 0.2) is 0 Å². The van der Waals surface area contributed by atoms with E-state index < -0.39 is 5.97 Å². The molecule has 0 saturated carbocycles. The molecule has 1 aliphatic rings. The molecule has 0 aromatic carbocycles. The van der Waals surface area contributed by atoms with E-state index in [1.165, 1.54) is 0 Å². The summed E-state index contributed by atoms with van der Waals surface area (Å²) >= 11 is 1.80. The molecule has 19 heavy (non-hydrogen) atoms. The van der Waals surface area contributed by atoms with Gasteiger partial charge in [0, 0.05) is 36.9 Å². The second-order valence-corrected chi connectivity index (χ2v) is 5.72. The summed E-state index contributed by atoms with van der Waals surface area (Å²) in [5.41, 5.74) is 0. The van der Waals surface area contributed by atoms with Crippen LogP contribution in [-0.4, -0.2) is 52.0 Å². The lowest BCUT2D eigenvalue weighted by Crippen LogP contribution is -2.50. The van der Waals surface area contributed by atoms with E-state index in [2.05, 4.69) is 5.32 Å². The average molecular weight is 288 g/mol. The Morgan fingerprint density at radius 1 is 1.32 bits per heavy atom. The maximum Gasteiger partial charge on any atom is 0.324 e. The predicted molar refractivity (Wildman–Crippen MR) is 73.1 cm³/mol. The molecule has 1 heterocycles. The summed E-state index contributed by atoms with van der Waals surface area (Å²) in [6.45, 7) is 2.62. The molecular weight excluding hydrogens is 268 g/mol. The van der Waals surface area contributed by atoms with Gasteiger partial charge in [-0.15, -0.1) is 0 Å². The molecule has 2 N–H and O–H groups in total. The maximum atomic E-state index is 11.9. The molecule has 0 radical (unpaired) electrons. The number of amides is 3. The maximum absolute atomic E-state index is 11.9. The van der Waals surface area contributed by atoms with Gasteiger partial charge in [-0.05, 0) is 19.8 Å². The fraction of sp³-hybridized carbons (Fsp3) is 0.750. The minimum absolute atomic E-state index is 0.0572. The number of carboxylic acids is 1. The number of hydrogen-bond acceptors (Lipinski definition) is 4. The molecule has 1 aliphatic heterocycles. The molecule has 0 bridgehead atoms. The van der Waals surface area contributed by atoms with Gasteiger partial charge < -0.3 is 10.0 Å². The smallest absolute Gasteiger partial charge is 0.324 e. The molecule has 3 amide bonds. The van der Waals surface area contributed by atoms with Gasteiger partial charge in [-0.25, -0.2) is 4.79 Å². The van der Waals surface area contributed by atoms with E-state index in [0.29, 0.717) is 19.4 Å². The number of nitrogens with zero attached hydrogens (tertiary/aromatic N) is 1. The molecule has 6 nitrogen and oxygen atoms in total. The number of aliphatic carboxylic acids is 1. The highest BCUT2D eigenvalue weighted by molar-refractivity contribution is 7.99. The van der Waals surface area contributed by atoms with Crippen molar-refractivity contribution in [3.8, 4) is 0 Å². The third-order valence-electron chi connectivity index (χ3n) is 2.92. The lowest BCUT2D eigenvalue weighted by molar-refractivity contribution is -0.137. The van der Waals surface area contributed by atoms with Crippen molar-refractivity contribution in [1.29, 1.82) is 0 Å². The van der Waals surface area contributed by atoms with Crippen molar-refractivity contribution in [3.05, 3.63) is 0 Å². The van der Waals surface area contributed by atoms with Crippen LogP contribution < -0.4 is 5.32 Å². The number of urea groups is 1. The summed E-state index contributed by atoms with van der Waals surface area (Å²) in [4.78, 5) is 35.4. The van der Waals surface area contributed by atoms with Gasteiger partial charge in [-0.2, -0.15) is 11.8 Å². The van der Waals surface area contributed by atoms with Crippen molar-refractivity contribution in [3.63, 3.8) is 0 Å². The van der Waals surface area contributed by atoms with Crippen molar-refractivity contribution in [2.45, 2.75) is 38.6 Å². The van der Waals surface area contributed by atoms with Crippen molar-refractivity contribution >= 4 is 29.7 Å².